The van der Waals surface area contributed by atoms with Crippen molar-refractivity contribution < 1.29 is 0 Å². The van der Waals surface area contributed by atoms with E-state index in [9.17, 15) is 0 Å². The van der Waals surface area contributed by atoms with E-state index in [0.29, 0.717) is 5.82 Å². The summed E-state index contributed by atoms with van der Waals surface area (Å²) in [7, 11) is 0. The number of pyridine rings is 1. The van der Waals surface area contributed by atoms with E-state index in [0.717, 1.165) is 10.4 Å². The summed E-state index contributed by atoms with van der Waals surface area (Å²) in [5.41, 5.74) is 5.65. The van der Waals surface area contributed by atoms with Gasteiger partial charge in [-0.2, -0.15) is 0 Å². The van der Waals surface area contributed by atoms with Gasteiger partial charge in [0.15, 0.2) is 0 Å². The van der Waals surface area contributed by atoms with E-state index in [2.05, 4.69) is 11.6 Å². The van der Waals surface area contributed by atoms with Crippen LogP contribution in [-0.2, 0) is 0 Å². The first kappa shape index (κ1) is 8.53. The molecule has 0 spiro atoms. The molecule has 0 saturated carbocycles. The van der Waals surface area contributed by atoms with Gasteiger partial charge in [0, 0.05) is 11.4 Å². The number of hydrogen-bond acceptors (Lipinski definition) is 2. The third-order valence-corrected chi connectivity index (χ3v) is 1.57. The molecule has 1 heterocycles. The molecule has 0 unspecified atom stereocenters. The summed E-state index contributed by atoms with van der Waals surface area (Å²) in [5.74, 6) is 0.528. The molecule has 0 saturated heterocycles. The Morgan fingerprint density at radius 2 is 2.33 bits per heavy atom. The zero-order valence-corrected chi connectivity index (χ0v) is 7.12. The first-order chi connectivity index (χ1) is 5.75. The Labute approximate surface area is 71.7 Å². The zero-order chi connectivity index (χ0) is 8.97. The molecule has 12 heavy (non-hydrogen) atoms. The summed E-state index contributed by atoms with van der Waals surface area (Å²) in [6, 6.07) is 1.84. The predicted molar refractivity (Wildman–Crippen MR) is 52.7 cm³/mol. The van der Waals surface area contributed by atoms with Crippen molar-refractivity contribution in [1.29, 1.82) is 0 Å². The van der Waals surface area contributed by atoms with E-state index in [1.165, 1.54) is 0 Å². The number of hydrogen-bond donors (Lipinski definition) is 1. The fourth-order valence-corrected chi connectivity index (χ4v) is 0.916. The molecule has 0 atom stereocenters. The molecule has 1 aromatic heterocycles. The highest BCUT2D eigenvalue weighted by Crippen LogP contribution is 1.80. The number of nitrogens with zero attached hydrogens (tertiary/aromatic N) is 1. The average molecular weight is 160 g/mol. The fraction of sp³-hybridized carbons (Fsp3) is 0.100. The van der Waals surface area contributed by atoms with Crippen LogP contribution in [0.2, 0.25) is 0 Å². The number of allylic oxidation sites excluding steroid dienone is 2. The third-order valence-electron chi connectivity index (χ3n) is 1.57. The average Bonchev–Trinajstić information content (AvgIpc) is 2.04. The maximum Gasteiger partial charge on any atom is 0.131 e. The van der Waals surface area contributed by atoms with E-state index in [1.807, 2.05) is 31.2 Å². The Morgan fingerprint density at radius 3 is 2.92 bits per heavy atom. The normalized spacial score (nSPS) is 12.6. The van der Waals surface area contributed by atoms with Gasteiger partial charge in [0.25, 0.3) is 0 Å². The largest absolute Gasteiger partial charge is 0.383 e. The highest BCUT2D eigenvalue weighted by atomic mass is 14.8. The van der Waals surface area contributed by atoms with Gasteiger partial charge in [-0.15, -0.1) is 0 Å². The zero-order valence-electron chi connectivity index (χ0n) is 7.12. The van der Waals surface area contributed by atoms with Crippen LogP contribution in [0.15, 0.2) is 24.4 Å². The number of nitrogens with two attached hydrogens (primary N) is 1. The van der Waals surface area contributed by atoms with Crippen molar-refractivity contribution in [2.75, 3.05) is 5.73 Å². The van der Waals surface area contributed by atoms with Crippen molar-refractivity contribution in [2.24, 2.45) is 0 Å². The van der Waals surface area contributed by atoms with Crippen LogP contribution in [0.4, 0.5) is 5.82 Å². The lowest BCUT2D eigenvalue weighted by molar-refractivity contribution is 1.29. The monoisotopic (exact) mass is 160 g/mol. The molecule has 1 rings (SSSR count). The standard InChI is InChI=1S/C10H12N2/c1-3-4-5-9-8(2)6-7-12-10(9)11/h3-7H,2H2,1H3,(H2,11,12)/b4-3-,9-5+. The van der Waals surface area contributed by atoms with Gasteiger partial charge in [-0.1, -0.05) is 24.8 Å². The summed E-state index contributed by atoms with van der Waals surface area (Å²) in [4.78, 5) is 3.97. The quantitative estimate of drug-likeness (QED) is 0.647. The van der Waals surface area contributed by atoms with Gasteiger partial charge >= 0.3 is 0 Å². The highest BCUT2D eigenvalue weighted by molar-refractivity contribution is 5.45. The summed E-state index contributed by atoms with van der Waals surface area (Å²) >= 11 is 0. The van der Waals surface area contributed by atoms with Crippen LogP contribution in [0.25, 0.3) is 12.7 Å². The minimum atomic E-state index is 0.528. The highest BCUT2D eigenvalue weighted by Gasteiger charge is 1.87. The topological polar surface area (TPSA) is 38.9 Å². The van der Waals surface area contributed by atoms with Crippen molar-refractivity contribution in [1.82, 2.24) is 4.98 Å². The Balaban J connectivity index is 3.41. The maximum atomic E-state index is 5.65. The van der Waals surface area contributed by atoms with Gasteiger partial charge < -0.3 is 5.73 Å². The molecular formula is C10H12N2. The van der Waals surface area contributed by atoms with Crippen molar-refractivity contribution >= 4 is 18.5 Å². The van der Waals surface area contributed by atoms with Crippen molar-refractivity contribution in [3.05, 3.63) is 34.9 Å². The first-order valence-electron chi connectivity index (χ1n) is 3.78. The predicted octanol–water partition coefficient (Wildman–Crippen LogP) is 0.431. The number of aromatic nitrogens is 1. The van der Waals surface area contributed by atoms with E-state index in [4.69, 9.17) is 5.73 Å². The van der Waals surface area contributed by atoms with Crippen LogP contribution < -0.4 is 16.2 Å². The Kier molecular flexibility index (Phi) is 2.64. The van der Waals surface area contributed by atoms with Crippen LogP contribution in [0.5, 0.6) is 0 Å². The Hall–Kier alpha value is -1.57. The van der Waals surface area contributed by atoms with Crippen molar-refractivity contribution in [3.63, 3.8) is 0 Å². The van der Waals surface area contributed by atoms with E-state index >= 15 is 0 Å². The van der Waals surface area contributed by atoms with E-state index < -0.39 is 0 Å². The Bertz CT molecular complexity index is 391. The van der Waals surface area contributed by atoms with Crippen LogP contribution >= 0.6 is 0 Å². The van der Waals surface area contributed by atoms with E-state index in [-0.39, 0.29) is 0 Å². The molecule has 1 aromatic rings. The van der Waals surface area contributed by atoms with E-state index in [1.54, 1.807) is 6.20 Å². The Morgan fingerprint density at radius 1 is 1.58 bits per heavy atom. The smallest absolute Gasteiger partial charge is 0.131 e. The number of rotatable bonds is 1. The second-order valence-electron chi connectivity index (χ2n) is 2.46. The molecule has 2 heteroatoms. The second-order valence-corrected chi connectivity index (χ2v) is 2.46. The molecule has 0 bridgehead atoms. The molecule has 0 amide bonds. The van der Waals surface area contributed by atoms with Gasteiger partial charge in [0.2, 0.25) is 0 Å². The van der Waals surface area contributed by atoms with Gasteiger partial charge in [-0.05, 0) is 18.2 Å². The van der Waals surface area contributed by atoms with Crippen LogP contribution in [0.1, 0.15) is 6.92 Å². The number of nitrogen functional groups attached to an aromatic ring is 1. The fourth-order valence-electron chi connectivity index (χ4n) is 0.916. The molecule has 0 aliphatic heterocycles. The molecule has 2 N–H and O–H groups in total. The lowest BCUT2D eigenvalue weighted by Crippen LogP contribution is -2.27. The van der Waals surface area contributed by atoms with Crippen LogP contribution in [0.3, 0.4) is 0 Å². The molecule has 0 aliphatic carbocycles. The molecular weight excluding hydrogens is 148 g/mol. The molecule has 0 aliphatic rings. The lowest BCUT2D eigenvalue weighted by atomic mass is 10.3. The SMILES string of the molecule is C=c1ccnc(N)/c1=C/C=C\C. The summed E-state index contributed by atoms with van der Waals surface area (Å²) in [6.07, 6.45) is 7.42. The first-order valence-corrected chi connectivity index (χ1v) is 3.78. The third kappa shape index (κ3) is 1.72. The second kappa shape index (κ2) is 3.72. The molecule has 2 nitrogen and oxygen atoms in total. The van der Waals surface area contributed by atoms with Crippen LogP contribution in [-0.4, -0.2) is 4.98 Å². The molecule has 0 fully saturated rings. The molecule has 62 valence electrons. The molecule has 0 radical (unpaired) electrons. The van der Waals surface area contributed by atoms with Crippen molar-refractivity contribution in [3.8, 4) is 0 Å². The minimum absolute atomic E-state index is 0.528. The maximum absolute atomic E-state index is 5.65. The summed E-state index contributed by atoms with van der Waals surface area (Å²) in [5, 5.41) is 1.80. The van der Waals surface area contributed by atoms with Gasteiger partial charge in [0.1, 0.15) is 5.82 Å². The van der Waals surface area contributed by atoms with Crippen molar-refractivity contribution in [2.45, 2.75) is 6.92 Å². The van der Waals surface area contributed by atoms with Gasteiger partial charge in [0.05, 0.1) is 0 Å². The van der Waals surface area contributed by atoms with Crippen LogP contribution in [0, 0.1) is 0 Å². The van der Waals surface area contributed by atoms with Gasteiger partial charge in [-0.3, -0.25) is 0 Å². The number of anilines is 1. The molecule has 0 aromatic carbocycles. The summed E-state index contributed by atoms with van der Waals surface area (Å²) in [6.45, 7) is 5.80. The summed E-state index contributed by atoms with van der Waals surface area (Å²) < 4.78 is 0. The van der Waals surface area contributed by atoms with Gasteiger partial charge in [-0.25, -0.2) is 4.98 Å². The lowest BCUT2D eigenvalue weighted by Gasteiger charge is -1.92. The minimum Gasteiger partial charge on any atom is -0.383 e.